The lowest BCUT2D eigenvalue weighted by Crippen LogP contribution is -2.27. The number of pyridine rings is 2. The van der Waals surface area contributed by atoms with Crippen LogP contribution in [0, 0.1) is 0 Å². The van der Waals surface area contributed by atoms with Crippen LogP contribution in [0.15, 0.2) is 71.7 Å². The van der Waals surface area contributed by atoms with Crippen LogP contribution in [0.3, 0.4) is 0 Å². The van der Waals surface area contributed by atoms with Crippen molar-refractivity contribution in [3.05, 3.63) is 87.8 Å². The molecular weight excluding hydrogens is 522 g/mol. The second-order valence-corrected chi connectivity index (χ2v) is 9.01. The molecule has 1 amide bonds. The number of methoxy groups -OCH3 is 1. The van der Waals surface area contributed by atoms with Gasteiger partial charge in [0.15, 0.2) is 0 Å². The van der Waals surface area contributed by atoms with E-state index in [1.54, 1.807) is 59.3 Å². The van der Waals surface area contributed by atoms with Crippen LogP contribution in [0.2, 0.25) is 5.02 Å². The van der Waals surface area contributed by atoms with Gasteiger partial charge in [-0.05, 0) is 54.4 Å². The standard InChI is InChI=1S/C29H28ClN3O6/c1-3-14-33-26-23(12-6-13-31-26)24(25(27(33)34)32-29(36)37-2)19-8-5-11-22(18-19)38-15-7-16-39-28(35)20-9-4-10-21(30)17-20/h4-6,8-13,17-18H,3,7,14-16H2,1-2H3,(H,32,36). The topological polar surface area (TPSA) is 109 Å². The van der Waals surface area contributed by atoms with Crippen LogP contribution >= 0.6 is 11.6 Å². The second-order valence-electron chi connectivity index (χ2n) is 8.57. The molecule has 0 saturated carbocycles. The van der Waals surface area contributed by atoms with Gasteiger partial charge in [-0.15, -0.1) is 0 Å². The summed E-state index contributed by atoms with van der Waals surface area (Å²) in [5.74, 6) is 0.0934. The molecule has 10 heteroatoms. The zero-order chi connectivity index (χ0) is 27.8. The Balaban J connectivity index is 1.56. The molecule has 0 radical (unpaired) electrons. The zero-order valence-electron chi connectivity index (χ0n) is 21.6. The second kappa shape index (κ2) is 12.9. The Morgan fingerprint density at radius 1 is 1.05 bits per heavy atom. The Hall–Kier alpha value is -4.37. The van der Waals surface area contributed by atoms with Gasteiger partial charge in [-0.25, -0.2) is 14.6 Å². The summed E-state index contributed by atoms with van der Waals surface area (Å²) >= 11 is 5.93. The number of halogens is 1. The van der Waals surface area contributed by atoms with E-state index in [1.165, 1.54) is 7.11 Å². The number of benzene rings is 2. The first-order chi connectivity index (χ1) is 18.9. The van der Waals surface area contributed by atoms with E-state index < -0.39 is 12.1 Å². The highest BCUT2D eigenvalue weighted by atomic mass is 35.5. The van der Waals surface area contributed by atoms with E-state index in [4.69, 9.17) is 25.8 Å². The van der Waals surface area contributed by atoms with Gasteiger partial charge in [0.1, 0.15) is 17.1 Å². The quantitative estimate of drug-likeness (QED) is 0.193. The van der Waals surface area contributed by atoms with Gasteiger partial charge >= 0.3 is 12.1 Å². The predicted octanol–water partition coefficient (Wildman–Crippen LogP) is 5.93. The van der Waals surface area contributed by atoms with Crippen molar-refractivity contribution in [2.75, 3.05) is 25.6 Å². The zero-order valence-corrected chi connectivity index (χ0v) is 22.4. The molecule has 2 aromatic heterocycles. The Morgan fingerprint density at radius 3 is 2.64 bits per heavy atom. The highest BCUT2D eigenvalue weighted by Crippen LogP contribution is 2.34. The summed E-state index contributed by atoms with van der Waals surface area (Å²) in [5, 5.41) is 3.76. The van der Waals surface area contributed by atoms with Crippen LogP contribution < -0.4 is 15.6 Å². The molecule has 4 aromatic rings. The Kier molecular flexibility index (Phi) is 9.17. The molecule has 0 spiro atoms. The molecule has 0 atom stereocenters. The van der Waals surface area contributed by atoms with Crippen molar-refractivity contribution in [3.63, 3.8) is 0 Å². The van der Waals surface area contributed by atoms with Crippen LogP contribution in [-0.4, -0.2) is 41.9 Å². The molecule has 0 aliphatic carbocycles. The van der Waals surface area contributed by atoms with Crippen LogP contribution in [0.25, 0.3) is 22.2 Å². The molecule has 202 valence electrons. The number of hydrogen-bond acceptors (Lipinski definition) is 7. The molecule has 0 fully saturated rings. The lowest BCUT2D eigenvalue weighted by molar-refractivity contribution is 0.0486. The summed E-state index contributed by atoms with van der Waals surface area (Å²) in [6.45, 7) is 2.86. The van der Waals surface area contributed by atoms with Gasteiger partial charge in [-0.3, -0.25) is 14.7 Å². The number of rotatable bonds is 10. The molecule has 0 unspecified atom stereocenters. The van der Waals surface area contributed by atoms with Gasteiger partial charge in [0.2, 0.25) is 0 Å². The van der Waals surface area contributed by atoms with Gasteiger partial charge in [-0.2, -0.15) is 0 Å². The summed E-state index contributed by atoms with van der Waals surface area (Å²) in [5.41, 5.74) is 1.79. The summed E-state index contributed by atoms with van der Waals surface area (Å²) in [4.78, 5) is 42.3. The van der Waals surface area contributed by atoms with Crippen molar-refractivity contribution >= 4 is 40.4 Å². The number of amides is 1. The molecule has 39 heavy (non-hydrogen) atoms. The number of carbonyl (C=O) groups is 2. The normalized spacial score (nSPS) is 10.7. The Labute approximate surface area is 230 Å². The molecule has 0 aliphatic rings. The van der Waals surface area contributed by atoms with Crippen molar-refractivity contribution in [2.24, 2.45) is 0 Å². The van der Waals surface area contributed by atoms with Gasteiger partial charge < -0.3 is 14.2 Å². The molecule has 0 saturated heterocycles. The van der Waals surface area contributed by atoms with E-state index in [-0.39, 0.29) is 17.9 Å². The van der Waals surface area contributed by atoms with Gasteiger partial charge in [0.25, 0.3) is 5.56 Å². The molecule has 2 heterocycles. The highest BCUT2D eigenvalue weighted by molar-refractivity contribution is 6.30. The van der Waals surface area contributed by atoms with Crippen molar-refractivity contribution < 1.29 is 23.8 Å². The number of aromatic nitrogens is 2. The number of fused-ring (bicyclic) bond motifs is 1. The third kappa shape index (κ3) is 6.56. The first kappa shape index (κ1) is 27.7. The third-order valence-corrected chi connectivity index (χ3v) is 6.09. The fourth-order valence-corrected chi connectivity index (χ4v) is 4.32. The molecular formula is C29H28ClN3O6. The first-order valence-electron chi connectivity index (χ1n) is 12.4. The molecule has 4 rings (SSSR count). The maximum Gasteiger partial charge on any atom is 0.411 e. The smallest absolute Gasteiger partial charge is 0.411 e. The van der Waals surface area contributed by atoms with Crippen LogP contribution in [0.1, 0.15) is 30.1 Å². The summed E-state index contributed by atoms with van der Waals surface area (Å²) in [6, 6.07) is 17.4. The minimum Gasteiger partial charge on any atom is -0.493 e. The highest BCUT2D eigenvalue weighted by Gasteiger charge is 2.21. The monoisotopic (exact) mass is 549 g/mol. The largest absolute Gasteiger partial charge is 0.493 e. The van der Waals surface area contributed by atoms with Gasteiger partial charge in [-0.1, -0.05) is 36.7 Å². The molecule has 1 N–H and O–H groups in total. The third-order valence-electron chi connectivity index (χ3n) is 5.85. The average molecular weight is 550 g/mol. The number of ether oxygens (including phenoxy) is 3. The lowest BCUT2D eigenvalue weighted by atomic mass is 10.00. The first-order valence-corrected chi connectivity index (χ1v) is 12.8. The summed E-state index contributed by atoms with van der Waals surface area (Å²) in [6.07, 6.45) is 2.05. The number of anilines is 1. The van der Waals surface area contributed by atoms with Crippen molar-refractivity contribution in [1.82, 2.24) is 9.55 Å². The summed E-state index contributed by atoms with van der Waals surface area (Å²) < 4.78 is 17.5. The summed E-state index contributed by atoms with van der Waals surface area (Å²) in [7, 11) is 1.24. The van der Waals surface area contributed by atoms with E-state index in [9.17, 15) is 14.4 Å². The molecule has 9 nitrogen and oxygen atoms in total. The van der Waals surface area contributed by atoms with E-state index in [0.717, 1.165) is 0 Å². The van der Waals surface area contributed by atoms with E-state index in [2.05, 4.69) is 10.3 Å². The minimum absolute atomic E-state index is 0.0980. The predicted molar refractivity (Wildman–Crippen MR) is 150 cm³/mol. The molecule has 2 aromatic carbocycles. The van der Waals surface area contributed by atoms with Crippen molar-refractivity contribution in [2.45, 2.75) is 26.3 Å². The fourth-order valence-electron chi connectivity index (χ4n) is 4.13. The number of nitrogens with one attached hydrogen (secondary N) is 1. The average Bonchev–Trinajstić information content (AvgIpc) is 2.95. The van der Waals surface area contributed by atoms with Crippen LogP contribution in [0.5, 0.6) is 5.75 Å². The number of carbonyl (C=O) groups excluding carboxylic acids is 2. The van der Waals surface area contributed by atoms with Gasteiger partial charge in [0, 0.05) is 35.1 Å². The Bertz CT molecular complexity index is 1550. The van der Waals surface area contributed by atoms with Crippen molar-refractivity contribution in [1.29, 1.82) is 0 Å². The number of esters is 1. The fraction of sp³-hybridized carbons (Fsp3) is 0.241. The number of hydrogen-bond donors (Lipinski definition) is 1. The lowest BCUT2D eigenvalue weighted by Gasteiger charge is -2.18. The van der Waals surface area contributed by atoms with Gasteiger partial charge in [0.05, 0.1) is 25.9 Å². The van der Waals surface area contributed by atoms with E-state index in [0.29, 0.717) is 64.5 Å². The number of aryl methyl sites for hydroxylation is 1. The maximum absolute atomic E-state index is 13.5. The Morgan fingerprint density at radius 2 is 1.87 bits per heavy atom. The maximum atomic E-state index is 13.5. The van der Waals surface area contributed by atoms with Crippen molar-refractivity contribution in [3.8, 4) is 16.9 Å². The SMILES string of the molecule is CCCn1c(=O)c(NC(=O)OC)c(-c2cccc(OCCCOC(=O)c3cccc(Cl)c3)c2)c2cccnc21. The van der Waals surface area contributed by atoms with Crippen LogP contribution in [-0.2, 0) is 16.0 Å². The molecule has 0 aliphatic heterocycles. The minimum atomic E-state index is -0.751. The number of nitrogens with zero attached hydrogens (tertiary/aromatic N) is 2. The van der Waals surface area contributed by atoms with E-state index in [1.807, 2.05) is 19.1 Å². The van der Waals surface area contributed by atoms with E-state index >= 15 is 0 Å². The molecule has 0 bridgehead atoms. The van der Waals surface area contributed by atoms with Crippen LogP contribution in [0.4, 0.5) is 10.5 Å².